The molecule has 0 aromatic carbocycles. The van der Waals surface area contributed by atoms with Gasteiger partial charge in [0.2, 0.25) is 11.8 Å². The molecule has 2 heterocycles. The summed E-state index contributed by atoms with van der Waals surface area (Å²) in [4.78, 5) is 26.0. The lowest BCUT2D eigenvalue weighted by Gasteiger charge is -2.14. The second-order valence-electron chi connectivity index (χ2n) is 6.43. The minimum Gasteiger partial charge on any atom is -0.463 e. The molecule has 1 aromatic heterocycles. The molecule has 2 amide bonds. The van der Waals surface area contributed by atoms with E-state index in [0.717, 1.165) is 31.6 Å². The van der Waals surface area contributed by atoms with Crippen LogP contribution in [0.15, 0.2) is 16.5 Å². The fourth-order valence-corrected chi connectivity index (χ4v) is 3.51. The van der Waals surface area contributed by atoms with Crippen LogP contribution in [0.5, 0.6) is 0 Å². The van der Waals surface area contributed by atoms with Crippen molar-refractivity contribution in [3.05, 3.63) is 23.7 Å². The first-order valence-electron chi connectivity index (χ1n) is 7.88. The van der Waals surface area contributed by atoms with Crippen LogP contribution in [-0.4, -0.2) is 22.8 Å². The SMILES string of the molecule is O=C1C2CCCC2C(=O)N1Cc1ccc(CNC2CC2)o1. The van der Waals surface area contributed by atoms with Gasteiger partial charge in [-0.25, -0.2) is 0 Å². The number of hydrogen-bond donors (Lipinski definition) is 1. The van der Waals surface area contributed by atoms with Gasteiger partial charge >= 0.3 is 0 Å². The molecule has 5 nitrogen and oxygen atoms in total. The van der Waals surface area contributed by atoms with E-state index in [1.54, 1.807) is 0 Å². The van der Waals surface area contributed by atoms with Crippen LogP contribution < -0.4 is 5.32 Å². The van der Waals surface area contributed by atoms with Crippen LogP contribution in [-0.2, 0) is 22.7 Å². The molecule has 3 aliphatic rings. The molecule has 1 aliphatic heterocycles. The number of amides is 2. The first-order valence-corrected chi connectivity index (χ1v) is 7.88. The largest absolute Gasteiger partial charge is 0.463 e. The highest BCUT2D eigenvalue weighted by Gasteiger charge is 2.49. The van der Waals surface area contributed by atoms with Gasteiger partial charge in [-0.2, -0.15) is 0 Å². The molecule has 2 saturated carbocycles. The van der Waals surface area contributed by atoms with Crippen LogP contribution in [0.4, 0.5) is 0 Å². The average molecular weight is 288 g/mol. The molecule has 2 unspecified atom stereocenters. The van der Waals surface area contributed by atoms with Crippen LogP contribution in [0.3, 0.4) is 0 Å². The highest BCUT2D eigenvalue weighted by atomic mass is 16.3. The summed E-state index contributed by atoms with van der Waals surface area (Å²) in [5, 5.41) is 3.39. The number of hydrogen-bond acceptors (Lipinski definition) is 4. The molecule has 4 rings (SSSR count). The number of carbonyl (C=O) groups excluding carboxylic acids is 2. The molecule has 0 bridgehead atoms. The zero-order valence-electron chi connectivity index (χ0n) is 12.0. The smallest absolute Gasteiger partial charge is 0.233 e. The number of furan rings is 1. The van der Waals surface area contributed by atoms with Crippen molar-refractivity contribution in [2.24, 2.45) is 11.8 Å². The van der Waals surface area contributed by atoms with E-state index < -0.39 is 0 Å². The summed E-state index contributed by atoms with van der Waals surface area (Å²) in [5.41, 5.74) is 0. The summed E-state index contributed by atoms with van der Waals surface area (Å²) in [7, 11) is 0. The first-order chi connectivity index (χ1) is 10.2. The quantitative estimate of drug-likeness (QED) is 0.839. The second kappa shape index (κ2) is 4.98. The topological polar surface area (TPSA) is 62.6 Å². The Morgan fingerprint density at radius 2 is 1.71 bits per heavy atom. The summed E-state index contributed by atoms with van der Waals surface area (Å²) in [6.07, 6.45) is 5.21. The number of likely N-dealkylation sites (tertiary alicyclic amines) is 1. The number of nitrogens with zero attached hydrogens (tertiary/aromatic N) is 1. The third-order valence-electron chi connectivity index (χ3n) is 4.86. The molecule has 3 fully saturated rings. The summed E-state index contributed by atoms with van der Waals surface area (Å²) < 4.78 is 5.73. The Bertz CT molecular complexity index is 554. The summed E-state index contributed by atoms with van der Waals surface area (Å²) in [6.45, 7) is 1.01. The molecule has 1 aromatic rings. The minimum atomic E-state index is -0.0662. The summed E-state index contributed by atoms with van der Waals surface area (Å²) in [6, 6.07) is 4.44. The molecule has 1 saturated heterocycles. The van der Waals surface area contributed by atoms with Crippen LogP contribution in [0.2, 0.25) is 0 Å². The summed E-state index contributed by atoms with van der Waals surface area (Å²) in [5.74, 6) is 1.43. The number of rotatable bonds is 5. The van der Waals surface area contributed by atoms with Gasteiger partial charge in [-0.15, -0.1) is 0 Å². The van der Waals surface area contributed by atoms with Crippen molar-refractivity contribution in [1.29, 1.82) is 0 Å². The molecule has 0 radical (unpaired) electrons. The monoisotopic (exact) mass is 288 g/mol. The molecule has 112 valence electrons. The van der Waals surface area contributed by atoms with E-state index in [4.69, 9.17) is 4.42 Å². The van der Waals surface area contributed by atoms with Gasteiger partial charge in [0.1, 0.15) is 11.5 Å². The number of carbonyl (C=O) groups is 2. The van der Waals surface area contributed by atoms with Gasteiger partial charge in [0.05, 0.1) is 24.9 Å². The lowest BCUT2D eigenvalue weighted by atomic mass is 10.00. The lowest BCUT2D eigenvalue weighted by Crippen LogP contribution is -2.31. The molecule has 5 heteroatoms. The van der Waals surface area contributed by atoms with E-state index in [1.165, 1.54) is 17.7 Å². The van der Waals surface area contributed by atoms with Crippen LogP contribution in [0.25, 0.3) is 0 Å². The molecule has 2 atom stereocenters. The first kappa shape index (κ1) is 13.1. The van der Waals surface area contributed by atoms with Crippen molar-refractivity contribution < 1.29 is 14.0 Å². The van der Waals surface area contributed by atoms with E-state index in [1.807, 2.05) is 12.1 Å². The highest BCUT2D eigenvalue weighted by Crippen LogP contribution is 2.40. The van der Waals surface area contributed by atoms with Gasteiger partial charge in [0.15, 0.2) is 0 Å². The maximum Gasteiger partial charge on any atom is 0.233 e. The van der Waals surface area contributed by atoms with Gasteiger partial charge in [0.25, 0.3) is 0 Å². The average Bonchev–Trinajstić information content (AvgIpc) is 2.94. The Labute approximate surface area is 123 Å². The van der Waals surface area contributed by atoms with Gasteiger partial charge in [-0.1, -0.05) is 6.42 Å². The van der Waals surface area contributed by atoms with E-state index in [0.29, 0.717) is 11.8 Å². The van der Waals surface area contributed by atoms with Crippen LogP contribution >= 0.6 is 0 Å². The predicted molar refractivity (Wildman–Crippen MR) is 75.0 cm³/mol. The third-order valence-corrected chi connectivity index (χ3v) is 4.86. The van der Waals surface area contributed by atoms with E-state index in [-0.39, 0.29) is 30.2 Å². The Hall–Kier alpha value is -1.62. The maximum absolute atomic E-state index is 12.3. The second-order valence-corrected chi connectivity index (χ2v) is 6.43. The van der Waals surface area contributed by atoms with Crippen molar-refractivity contribution >= 4 is 11.8 Å². The van der Waals surface area contributed by atoms with E-state index in [2.05, 4.69) is 5.32 Å². The number of fused-ring (bicyclic) bond motifs is 1. The van der Waals surface area contributed by atoms with Crippen molar-refractivity contribution in [1.82, 2.24) is 10.2 Å². The zero-order chi connectivity index (χ0) is 14.4. The molecule has 1 N–H and O–H groups in total. The Morgan fingerprint density at radius 1 is 1.05 bits per heavy atom. The van der Waals surface area contributed by atoms with Crippen LogP contribution in [0.1, 0.15) is 43.6 Å². The highest BCUT2D eigenvalue weighted by molar-refractivity contribution is 6.05. The maximum atomic E-state index is 12.3. The third kappa shape index (κ3) is 2.39. The van der Waals surface area contributed by atoms with E-state index >= 15 is 0 Å². The Balaban J connectivity index is 1.41. The lowest BCUT2D eigenvalue weighted by molar-refractivity contribution is -0.141. The molecular formula is C16H20N2O3. The van der Waals surface area contributed by atoms with Gasteiger partial charge in [-0.05, 0) is 37.8 Å². The van der Waals surface area contributed by atoms with Crippen molar-refractivity contribution in [3.8, 4) is 0 Å². The minimum absolute atomic E-state index is 0.00319. The fraction of sp³-hybridized carbons (Fsp3) is 0.625. The Morgan fingerprint density at radius 3 is 2.38 bits per heavy atom. The number of imide groups is 1. The van der Waals surface area contributed by atoms with Gasteiger partial charge in [0, 0.05) is 6.04 Å². The van der Waals surface area contributed by atoms with Crippen molar-refractivity contribution in [3.63, 3.8) is 0 Å². The van der Waals surface area contributed by atoms with Crippen molar-refractivity contribution in [2.75, 3.05) is 0 Å². The Kier molecular flexibility index (Phi) is 3.10. The standard InChI is InChI=1S/C16H20N2O3/c19-15-13-2-1-3-14(13)16(20)18(15)9-12-7-6-11(21-12)8-17-10-4-5-10/h6-7,10,13-14,17H,1-5,8-9H2. The fourth-order valence-electron chi connectivity index (χ4n) is 3.51. The normalized spacial score (nSPS) is 28.5. The number of nitrogens with one attached hydrogen (secondary N) is 1. The molecule has 0 spiro atoms. The molecule has 21 heavy (non-hydrogen) atoms. The van der Waals surface area contributed by atoms with Crippen LogP contribution in [0, 0.1) is 11.8 Å². The molecular weight excluding hydrogens is 268 g/mol. The van der Waals surface area contributed by atoms with Gasteiger partial charge < -0.3 is 9.73 Å². The zero-order valence-corrected chi connectivity index (χ0v) is 12.0. The van der Waals surface area contributed by atoms with E-state index in [9.17, 15) is 9.59 Å². The molecule has 2 aliphatic carbocycles. The van der Waals surface area contributed by atoms with Gasteiger partial charge in [-0.3, -0.25) is 14.5 Å². The predicted octanol–water partition coefficient (Wildman–Crippen LogP) is 1.82. The summed E-state index contributed by atoms with van der Waals surface area (Å²) >= 11 is 0. The van der Waals surface area contributed by atoms with Crippen molar-refractivity contribution in [2.45, 2.75) is 51.2 Å².